The third-order valence-electron chi connectivity index (χ3n) is 4.32. The van der Waals surface area contributed by atoms with Gasteiger partial charge in [-0.2, -0.15) is 5.26 Å². The lowest BCUT2D eigenvalue weighted by Crippen LogP contribution is -2.56. The number of nitriles is 1. The van der Waals surface area contributed by atoms with Crippen LogP contribution in [0.5, 0.6) is 0 Å². The fourth-order valence-electron chi connectivity index (χ4n) is 2.68. The summed E-state index contributed by atoms with van der Waals surface area (Å²) >= 11 is 0. The van der Waals surface area contributed by atoms with E-state index in [2.05, 4.69) is 40.4 Å². The van der Waals surface area contributed by atoms with Crippen LogP contribution in [0.15, 0.2) is 29.3 Å². The summed E-state index contributed by atoms with van der Waals surface area (Å²) < 4.78 is 5.43. The maximum absolute atomic E-state index is 8.83. The van der Waals surface area contributed by atoms with Crippen LogP contribution in [0.2, 0.25) is 0 Å². The molecule has 130 valence electrons. The maximum atomic E-state index is 8.83. The molecule has 0 unspecified atom stereocenters. The summed E-state index contributed by atoms with van der Waals surface area (Å²) in [6, 6.07) is 9.69. The topological polar surface area (TPSA) is 72.7 Å². The number of benzene rings is 1. The van der Waals surface area contributed by atoms with Crippen LogP contribution in [0.1, 0.15) is 25.0 Å². The zero-order valence-electron chi connectivity index (χ0n) is 14.8. The number of hydrogen-bond acceptors (Lipinski definition) is 4. The Kier molecular flexibility index (Phi) is 6.59. The van der Waals surface area contributed by atoms with E-state index in [1.807, 2.05) is 24.3 Å². The van der Waals surface area contributed by atoms with E-state index in [1.54, 1.807) is 7.05 Å². The minimum Gasteiger partial charge on any atom is -0.379 e. The van der Waals surface area contributed by atoms with Crippen molar-refractivity contribution < 1.29 is 4.74 Å². The zero-order valence-corrected chi connectivity index (χ0v) is 14.8. The van der Waals surface area contributed by atoms with Crippen molar-refractivity contribution in [1.82, 2.24) is 15.5 Å². The third kappa shape index (κ3) is 5.22. The minimum atomic E-state index is 0.0375. The van der Waals surface area contributed by atoms with Crippen LogP contribution in [0, 0.1) is 11.3 Å². The second-order valence-corrected chi connectivity index (χ2v) is 6.50. The summed E-state index contributed by atoms with van der Waals surface area (Å²) in [6.07, 6.45) is 0. The van der Waals surface area contributed by atoms with Gasteiger partial charge in [-0.1, -0.05) is 12.1 Å². The summed E-state index contributed by atoms with van der Waals surface area (Å²) in [7, 11) is 1.77. The molecule has 1 heterocycles. The summed E-state index contributed by atoms with van der Waals surface area (Å²) in [5.41, 5.74) is 1.83. The number of morpholine rings is 1. The summed E-state index contributed by atoms with van der Waals surface area (Å²) in [5, 5.41) is 15.5. The molecule has 0 radical (unpaired) electrons. The van der Waals surface area contributed by atoms with Crippen LogP contribution in [0.3, 0.4) is 0 Å². The maximum Gasteiger partial charge on any atom is 0.191 e. The van der Waals surface area contributed by atoms with Crippen molar-refractivity contribution in [2.45, 2.75) is 25.9 Å². The highest BCUT2D eigenvalue weighted by Gasteiger charge is 2.28. The van der Waals surface area contributed by atoms with Crippen molar-refractivity contribution in [2.24, 2.45) is 4.99 Å². The molecule has 1 aliphatic heterocycles. The SMILES string of the molecule is CN=C(NCc1ccc(C#N)cc1)NCC(C)(C)N1CCOCC1. The standard InChI is InChI=1S/C18H27N5O/c1-18(2,23-8-10-24-11-9-23)14-22-17(20-3)21-13-16-6-4-15(12-19)5-7-16/h4-7H,8-11,13-14H2,1-3H3,(H2,20,21,22). The molecule has 0 atom stereocenters. The van der Waals surface area contributed by atoms with Crippen LogP contribution < -0.4 is 10.6 Å². The van der Waals surface area contributed by atoms with E-state index in [9.17, 15) is 0 Å². The number of rotatable bonds is 5. The van der Waals surface area contributed by atoms with E-state index in [0.29, 0.717) is 12.1 Å². The lowest BCUT2D eigenvalue weighted by molar-refractivity contribution is -0.00834. The first kappa shape index (κ1) is 18.2. The number of nitrogens with one attached hydrogen (secondary N) is 2. The van der Waals surface area contributed by atoms with Gasteiger partial charge in [0.2, 0.25) is 0 Å². The van der Waals surface area contributed by atoms with Crippen molar-refractivity contribution in [3.05, 3.63) is 35.4 Å². The molecule has 0 amide bonds. The van der Waals surface area contributed by atoms with Gasteiger partial charge in [0, 0.05) is 38.8 Å². The van der Waals surface area contributed by atoms with Crippen LogP contribution in [-0.4, -0.2) is 56.3 Å². The van der Waals surface area contributed by atoms with E-state index in [0.717, 1.165) is 44.4 Å². The Balaban J connectivity index is 1.82. The Morgan fingerprint density at radius 3 is 2.50 bits per heavy atom. The van der Waals surface area contributed by atoms with Gasteiger partial charge in [-0.3, -0.25) is 9.89 Å². The average Bonchev–Trinajstić information content (AvgIpc) is 2.63. The molecular formula is C18H27N5O. The van der Waals surface area contributed by atoms with Gasteiger partial charge in [-0.15, -0.1) is 0 Å². The Bertz CT molecular complexity index is 582. The van der Waals surface area contributed by atoms with Crippen molar-refractivity contribution in [3.8, 4) is 6.07 Å². The predicted octanol–water partition coefficient (Wildman–Crippen LogP) is 1.33. The Hall–Kier alpha value is -2.10. The van der Waals surface area contributed by atoms with Crippen molar-refractivity contribution in [2.75, 3.05) is 39.9 Å². The van der Waals surface area contributed by atoms with Gasteiger partial charge in [-0.05, 0) is 31.5 Å². The molecule has 0 bridgehead atoms. The van der Waals surface area contributed by atoms with E-state index in [4.69, 9.17) is 10.00 Å². The van der Waals surface area contributed by atoms with Crippen LogP contribution in [0.4, 0.5) is 0 Å². The monoisotopic (exact) mass is 329 g/mol. The second-order valence-electron chi connectivity index (χ2n) is 6.50. The lowest BCUT2D eigenvalue weighted by atomic mass is 10.0. The molecule has 0 spiro atoms. The highest BCUT2D eigenvalue weighted by molar-refractivity contribution is 5.79. The molecule has 0 saturated carbocycles. The van der Waals surface area contributed by atoms with Crippen molar-refractivity contribution in [1.29, 1.82) is 5.26 Å². The number of aliphatic imine (C=N–C) groups is 1. The largest absolute Gasteiger partial charge is 0.379 e. The molecule has 1 saturated heterocycles. The van der Waals surface area contributed by atoms with Crippen LogP contribution in [-0.2, 0) is 11.3 Å². The molecule has 2 rings (SSSR count). The van der Waals surface area contributed by atoms with Gasteiger partial charge < -0.3 is 15.4 Å². The van der Waals surface area contributed by atoms with Gasteiger partial charge in [0.05, 0.1) is 24.8 Å². The Morgan fingerprint density at radius 2 is 1.92 bits per heavy atom. The molecule has 6 heteroatoms. The number of nitrogens with zero attached hydrogens (tertiary/aromatic N) is 3. The van der Waals surface area contributed by atoms with Crippen LogP contribution in [0.25, 0.3) is 0 Å². The highest BCUT2D eigenvalue weighted by Crippen LogP contribution is 2.15. The zero-order chi connectivity index (χ0) is 17.4. The van der Waals surface area contributed by atoms with Crippen molar-refractivity contribution >= 4 is 5.96 Å². The Morgan fingerprint density at radius 1 is 1.25 bits per heavy atom. The molecule has 24 heavy (non-hydrogen) atoms. The van der Waals surface area contributed by atoms with E-state index in [1.165, 1.54) is 0 Å². The first-order valence-corrected chi connectivity index (χ1v) is 8.31. The molecule has 1 fully saturated rings. The smallest absolute Gasteiger partial charge is 0.191 e. The average molecular weight is 329 g/mol. The fraction of sp³-hybridized carbons (Fsp3) is 0.556. The second kappa shape index (κ2) is 8.67. The van der Waals surface area contributed by atoms with E-state index in [-0.39, 0.29) is 5.54 Å². The molecule has 1 aliphatic rings. The molecule has 0 aliphatic carbocycles. The molecule has 2 N–H and O–H groups in total. The first-order chi connectivity index (χ1) is 11.5. The lowest BCUT2D eigenvalue weighted by Gasteiger charge is -2.41. The number of guanidine groups is 1. The van der Waals surface area contributed by atoms with Gasteiger partial charge >= 0.3 is 0 Å². The van der Waals surface area contributed by atoms with Gasteiger partial charge in [-0.25, -0.2) is 0 Å². The van der Waals surface area contributed by atoms with Gasteiger partial charge in [0.1, 0.15) is 0 Å². The normalized spacial score (nSPS) is 16.5. The molecule has 0 aromatic heterocycles. The predicted molar refractivity (Wildman–Crippen MR) is 95.8 cm³/mol. The van der Waals surface area contributed by atoms with E-state index < -0.39 is 0 Å². The summed E-state index contributed by atoms with van der Waals surface area (Å²) in [5.74, 6) is 0.778. The van der Waals surface area contributed by atoms with Gasteiger partial charge in [0.25, 0.3) is 0 Å². The molecular weight excluding hydrogens is 302 g/mol. The third-order valence-corrected chi connectivity index (χ3v) is 4.32. The Labute approximate surface area is 144 Å². The molecule has 6 nitrogen and oxygen atoms in total. The fourth-order valence-corrected chi connectivity index (χ4v) is 2.68. The minimum absolute atomic E-state index is 0.0375. The molecule has 1 aromatic carbocycles. The van der Waals surface area contributed by atoms with Crippen molar-refractivity contribution in [3.63, 3.8) is 0 Å². The highest BCUT2D eigenvalue weighted by atomic mass is 16.5. The van der Waals surface area contributed by atoms with Crippen LogP contribution >= 0.6 is 0 Å². The van der Waals surface area contributed by atoms with Gasteiger partial charge in [0.15, 0.2) is 5.96 Å². The quantitative estimate of drug-likeness (QED) is 0.630. The first-order valence-electron chi connectivity index (χ1n) is 8.31. The molecule has 1 aromatic rings. The summed E-state index contributed by atoms with van der Waals surface area (Å²) in [6.45, 7) is 9.48. The number of hydrogen-bond donors (Lipinski definition) is 2. The summed E-state index contributed by atoms with van der Waals surface area (Å²) in [4.78, 5) is 6.73. The number of ether oxygens (including phenoxy) is 1. The van der Waals surface area contributed by atoms with E-state index >= 15 is 0 Å².